The summed E-state index contributed by atoms with van der Waals surface area (Å²) < 4.78 is 33.0. The second-order valence-corrected chi connectivity index (χ2v) is 3.25. The highest BCUT2D eigenvalue weighted by molar-refractivity contribution is 7.62. The Hall–Kier alpha value is -2.16. The van der Waals surface area contributed by atoms with Gasteiger partial charge in [-0.3, -0.25) is 5.32 Å². The number of ether oxygens (including phenoxy) is 2. The molecular weight excluding hydrogens is 250 g/mol. The van der Waals surface area contributed by atoms with Crippen LogP contribution in [0, 0.1) is 0 Å². The Morgan fingerprint density at radius 2 is 2.12 bits per heavy atom. The van der Waals surface area contributed by atoms with E-state index >= 15 is 0 Å². The summed E-state index contributed by atoms with van der Waals surface area (Å²) in [5, 5.41) is 2.15. The first-order valence-electron chi connectivity index (χ1n) is 4.27. The van der Waals surface area contributed by atoms with Crippen LogP contribution >= 0.6 is 0 Å². The summed E-state index contributed by atoms with van der Waals surface area (Å²) in [7, 11) is -0.0455. The summed E-state index contributed by atoms with van der Waals surface area (Å²) in [5.74, 6) is 0.544. The number of pyridine rings is 1. The molecule has 0 atom stereocenters. The maximum atomic E-state index is 11.1. The lowest BCUT2D eigenvalue weighted by molar-refractivity contribution is 0.259. The third kappa shape index (κ3) is 3.41. The summed E-state index contributed by atoms with van der Waals surface area (Å²) in [5.41, 5.74) is 0. The fourth-order valence-electron chi connectivity index (χ4n) is 1.07. The van der Waals surface area contributed by atoms with Gasteiger partial charge in [0.2, 0.25) is 5.75 Å². The Kier molecular flexibility index (Phi) is 4.40. The van der Waals surface area contributed by atoms with Crippen molar-refractivity contribution < 1.29 is 22.7 Å². The summed E-state index contributed by atoms with van der Waals surface area (Å²) in [4.78, 5) is 14.9. The summed E-state index contributed by atoms with van der Waals surface area (Å²) in [6.07, 6.45) is 1.37. The minimum absolute atomic E-state index is 0.0195. The molecule has 0 radical (unpaired) electrons. The number of carbonyl (C=O) groups is 1. The first kappa shape index (κ1) is 12.9. The average molecular weight is 259 g/mol. The summed E-state index contributed by atoms with van der Waals surface area (Å²) in [6, 6.07) is 0.453. The summed E-state index contributed by atoms with van der Waals surface area (Å²) in [6.45, 7) is 0. The molecule has 1 rings (SSSR count). The van der Waals surface area contributed by atoms with Crippen molar-refractivity contribution >= 4 is 22.3 Å². The average Bonchev–Trinajstić information content (AvgIpc) is 2.27. The van der Waals surface area contributed by atoms with Crippen LogP contribution in [-0.2, 0) is 10.5 Å². The van der Waals surface area contributed by atoms with E-state index in [1.807, 2.05) is 0 Å². The molecule has 0 saturated carbocycles. The van der Waals surface area contributed by atoms with Crippen molar-refractivity contribution in [2.45, 2.75) is 0 Å². The van der Waals surface area contributed by atoms with E-state index in [1.165, 1.54) is 26.5 Å². The predicted molar refractivity (Wildman–Crippen MR) is 57.7 cm³/mol. The van der Waals surface area contributed by atoms with E-state index in [1.54, 1.807) is 0 Å². The maximum absolute atomic E-state index is 11.1. The molecule has 0 aliphatic rings. The lowest BCUT2D eigenvalue weighted by atomic mass is 10.4. The molecular formula is C8H9N3O5S. The molecule has 9 heteroatoms. The number of carbonyl (C=O) groups excluding carboxylic acids is 1. The van der Waals surface area contributed by atoms with E-state index in [0.717, 1.165) is 0 Å². The Morgan fingerprint density at radius 3 is 2.65 bits per heavy atom. The van der Waals surface area contributed by atoms with E-state index in [4.69, 9.17) is 9.47 Å². The number of amides is 2. The van der Waals surface area contributed by atoms with E-state index in [0.29, 0.717) is 5.75 Å². The van der Waals surface area contributed by atoms with Gasteiger partial charge in [0.05, 0.1) is 14.2 Å². The van der Waals surface area contributed by atoms with Gasteiger partial charge in [-0.2, -0.15) is 8.42 Å². The molecule has 0 spiro atoms. The van der Waals surface area contributed by atoms with Crippen LogP contribution in [0.25, 0.3) is 0 Å². The minimum atomic E-state index is -2.82. The lowest BCUT2D eigenvalue weighted by Gasteiger charge is -2.10. The zero-order chi connectivity index (χ0) is 12.8. The molecule has 2 amide bonds. The molecule has 1 aromatic heterocycles. The number of anilines is 1. The molecule has 1 aromatic rings. The molecule has 0 saturated heterocycles. The van der Waals surface area contributed by atoms with Crippen LogP contribution in [0.2, 0.25) is 0 Å². The molecule has 0 bridgehead atoms. The van der Waals surface area contributed by atoms with Crippen LogP contribution in [0.15, 0.2) is 16.6 Å². The Labute approximate surface area is 98.3 Å². The van der Waals surface area contributed by atoms with Crippen molar-refractivity contribution in [2.75, 3.05) is 19.5 Å². The maximum Gasteiger partial charge on any atom is 0.361 e. The van der Waals surface area contributed by atoms with Crippen molar-refractivity contribution in [3.8, 4) is 11.5 Å². The molecule has 1 heterocycles. The number of rotatable bonds is 3. The molecule has 0 aromatic carbocycles. The van der Waals surface area contributed by atoms with Gasteiger partial charge in [-0.05, 0) is 0 Å². The number of aromatic nitrogens is 1. The number of nitrogens with zero attached hydrogens (tertiary/aromatic N) is 2. The second-order valence-electron chi connectivity index (χ2n) is 2.63. The zero-order valence-electron chi connectivity index (χ0n) is 9.00. The molecule has 0 aliphatic heterocycles. The van der Waals surface area contributed by atoms with Crippen LogP contribution in [0.4, 0.5) is 10.6 Å². The van der Waals surface area contributed by atoms with Crippen molar-refractivity contribution in [1.29, 1.82) is 0 Å². The van der Waals surface area contributed by atoms with Crippen LogP contribution in [0.5, 0.6) is 11.5 Å². The van der Waals surface area contributed by atoms with Gasteiger partial charge in [-0.25, -0.2) is 9.78 Å². The van der Waals surface area contributed by atoms with Gasteiger partial charge < -0.3 is 9.47 Å². The van der Waals surface area contributed by atoms with Crippen LogP contribution < -0.4 is 14.8 Å². The van der Waals surface area contributed by atoms with Gasteiger partial charge >= 0.3 is 16.5 Å². The van der Waals surface area contributed by atoms with Gasteiger partial charge in [0.1, 0.15) is 0 Å². The van der Waals surface area contributed by atoms with E-state index in [9.17, 15) is 13.2 Å². The predicted octanol–water partition coefficient (Wildman–Crippen LogP) is 0.693. The number of hydrogen-bond acceptors (Lipinski definition) is 6. The molecule has 1 N–H and O–H groups in total. The van der Waals surface area contributed by atoms with Crippen LogP contribution in [-0.4, -0.2) is 33.7 Å². The number of nitrogens with one attached hydrogen (secondary N) is 1. The van der Waals surface area contributed by atoms with E-state index < -0.39 is 16.5 Å². The molecule has 0 unspecified atom stereocenters. The minimum Gasteiger partial charge on any atom is -0.493 e. The summed E-state index contributed by atoms with van der Waals surface area (Å²) >= 11 is 0. The molecule has 8 nitrogen and oxygen atoms in total. The second kappa shape index (κ2) is 5.80. The van der Waals surface area contributed by atoms with Gasteiger partial charge in [0, 0.05) is 12.3 Å². The first-order valence-corrected chi connectivity index (χ1v) is 5.30. The van der Waals surface area contributed by atoms with Gasteiger partial charge in [-0.1, -0.05) is 4.36 Å². The Bertz CT molecular complexity index is 546. The smallest absolute Gasteiger partial charge is 0.361 e. The number of methoxy groups -OCH3 is 2. The molecule has 92 valence electrons. The highest BCUT2D eigenvalue weighted by Crippen LogP contribution is 2.32. The van der Waals surface area contributed by atoms with Crippen molar-refractivity contribution in [3.63, 3.8) is 0 Å². The first-order chi connectivity index (χ1) is 8.08. The normalized spacial score (nSPS) is 9.29. The van der Waals surface area contributed by atoms with Gasteiger partial charge in [-0.15, -0.1) is 0 Å². The van der Waals surface area contributed by atoms with Gasteiger partial charge in [0.25, 0.3) is 0 Å². The third-order valence-corrected chi connectivity index (χ3v) is 1.99. The lowest BCUT2D eigenvalue weighted by Crippen LogP contribution is -2.09. The largest absolute Gasteiger partial charge is 0.493 e. The molecule has 0 aliphatic carbocycles. The van der Waals surface area contributed by atoms with Crippen molar-refractivity contribution in [3.05, 3.63) is 12.3 Å². The highest BCUT2D eigenvalue weighted by Gasteiger charge is 2.13. The number of hydrogen-bond donors (Lipinski definition) is 1. The topological polar surface area (TPSA) is 107 Å². The fourth-order valence-corrected chi connectivity index (χ4v) is 1.25. The van der Waals surface area contributed by atoms with E-state index in [-0.39, 0.29) is 11.6 Å². The van der Waals surface area contributed by atoms with Crippen LogP contribution in [0.1, 0.15) is 0 Å². The molecule has 17 heavy (non-hydrogen) atoms. The quantitative estimate of drug-likeness (QED) is 0.855. The zero-order valence-corrected chi connectivity index (χ0v) is 9.82. The molecule has 0 fully saturated rings. The Balaban J connectivity index is 3.06. The number of urea groups is 1. The monoisotopic (exact) mass is 259 g/mol. The van der Waals surface area contributed by atoms with Crippen molar-refractivity contribution in [1.82, 2.24) is 4.98 Å². The Morgan fingerprint density at radius 1 is 1.41 bits per heavy atom. The third-order valence-electron chi connectivity index (χ3n) is 1.68. The highest BCUT2D eigenvalue weighted by atomic mass is 32.2. The fraction of sp³-hybridized carbons (Fsp3) is 0.250. The van der Waals surface area contributed by atoms with Crippen molar-refractivity contribution in [2.24, 2.45) is 4.36 Å². The van der Waals surface area contributed by atoms with Gasteiger partial charge in [0.15, 0.2) is 11.6 Å². The van der Waals surface area contributed by atoms with E-state index in [2.05, 4.69) is 14.7 Å². The standard InChI is InChI=1S/C8H9N3O5S/c1-15-5-3-4-9-7(6(5)16-2)10-8(12)11-17(13)14/h3-4H,1-2H3,(H,9,10,12). The SMILES string of the molecule is COc1ccnc(NC(=O)N=S(=O)=O)c1OC. The van der Waals surface area contributed by atoms with Crippen LogP contribution in [0.3, 0.4) is 0 Å².